The molecule has 0 radical (unpaired) electrons. The van der Waals surface area contributed by atoms with Crippen molar-refractivity contribution in [1.29, 1.82) is 5.26 Å². The molecule has 0 unspecified atom stereocenters. The fraction of sp³-hybridized carbons (Fsp3) is 0.300. The summed E-state index contributed by atoms with van der Waals surface area (Å²) in [6.07, 6.45) is 1.65. The van der Waals surface area contributed by atoms with Gasteiger partial charge in [0.25, 0.3) is 0 Å². The Balaban J connectivity index is 1.82. The molecule has 2 aromatic heterocycles. The van der Waals surface area contributed by atoms with Crippen molar-refractivity contribution < 1.29 is 4.42 Å². The zero-order valence-electron chi connectivity index (χ0n) is 8.84. The lowest BCUT2D eigenvalue weighted by atomic mass is 10.4. The van der Waals surface area contributed by atoms with Crippen molar-refractivity contribution in [2.45, 2.75) is 13.1 Å². The Hall–Kier alpha value is -2.13. The van der Waals surface area contributed by atoms with Crippen molar-refractivity contribution in [2.75, 3.05) is 0 Å². The van der Waals surface area contributed by atoms with Crippen molar-refractivity contribution in [3.05, 3.63) is 35.8 Å². The number of nitrogens with one attached hydrogen (secondary N) is 1. The van der Waals surface area contributed by atoms with E-state index in [2.05, 4.69) is 15.4 Å². The summed E-state index contributed by atoms with van der Waals surface area (Å²) in [5, 5.41) is 15.8. The number of furan rings is 1. The molecule has 0 fully saturated rings. The summed E-state index contributed by atoms with van der Waals surface area (Å²) in [6, 6.07) is 5.36. The van der Waals surface area contributed by atoms with E-state index in [4.69, 9.17) is 9.68 Å². The molecular weight excluding hydrogens is 206 g/mol. The first-order chi connectivity index (χ1) is 7.78. The van der Waals surface area contributed by atoms with E-state index in [9.17, 15) is 0 Å². The van der Waals surface area contributed by atoms with Crippen LogP contribution in [0.2, 0.25) is 0 Å². The number of rotatable bonds is 4. The Morgan fingerprint density at radius 3 is 3.00 bits per heavy atom. The van der Waals surface area contributed by atoms with E-state index in [1.54, 1.807) is 23.1 Å². The maximum atomic E-state index is 8.57. The highest BCUT2D eigenvalue weighted by atomic mass is 16.3. The van der Waals surface area contributed by atoms with Gasteiger partial charge in [0.05, 0.1) is 13.1 Å². The molecule has 2 heterocycles. The van der Waals surface area contributed by atoms with Crippen LogP contribution in [0.25, 0.3) is 0 Å². The molecule has 0 bridgehead atoms. The van der Waals surface area contributed by atoms with E-state index >= 15 is 0 Å². The minimum Gasteiger partial charge on any atom is -0.449 e. The third-order valence-corrected chi connectivity index (χ3v) is 2.00. The zero-order chi connectivity index (χ0) is 11.4. The van der Waals surface area contributed by atoms with Crippen LogP contribution in [0.4, 0.5) is 0 Å². The number of nitrogens with zero attached hydrogens (tertiary/aromatic N) is 4. The summed E-state index contributed by atoms with van der Waals surface area (Å²) in [4.78, 5) is 4.07. The third-order valence-electron chi connectivity index (χ3n) is 2.00. The molecule has 0 spiro atoms. The molecule has 82 valence electrons. The monoisotopic (exact) mass is 217 g/mol. The molecule has 0 aliphatic heterocycles. The summed E-state index contributed by atoms with van der Waals surface area (Å²) in [6.45, 7) is 1.13. The van der Waals surface area contributed by atoms with Crippen molar-refractivity contribution in [3.8, 4) is 6.07 Å². The second-order valence-corrected chi connectivity index (χ2v) is 3.32. The summed E-state index contributed by atoms with van der Waals surface area (Å²) < 4.78 is 6.86. The second-order valence-electron chi connectivity index (χ2n) is 3.32. The van der Waals surface area contributed by atoms with Crippen LogP contribution in [0.5, 0.6) is 0 Å². The number of nitriles is 1. The van der Waals surface area contributed by atoms with Gasteiger partial charge in [-0.3, -0.25) is 4.68 Å². The fourth-order valence-electron chi connectivity index (χ4n) is 1.30. The standard InChI is InChI=1S/C10H11N5O/c1-15-7-13-10(14-15)6-12-5-9-3-2-8(4-11)16-9/h2-3,7,12H,5-6H2,1H3. The van der Waals surface area contributed by atoms with E-state index in [0.29, 0.717) is 18.8 Å². The first-order valence-corrected chi connectivity index (χ1v) is 4.82. The highest BCUT2D eigenvalue weighted by Crippen LogP contribution is 2.05. The first-order valence-electron chi connectivity index (χ1n) is 4.82. The van der Waals surface area contributed by atoms with Crippen LogP contribution in [0.3, 0.4) is 0 Å². The van der Waals surface area contributed by atoms with Gasteiger partial charge in [-0.25, -0.2) is 4.98 Å². The number of hydrogen-bond acceptors (Lipinski definition) is 5. The smallest absolute Gasteiger partial charge is 0.203 e. The summed E-state index contributed by atoms with van der Waals surface area (Å²) >= 11 is 0. The van der Waals surface area contributed by atoms with Gasteiger partial charge in [0, 0.05) is 7.05 Å². The van der Waals surface area contributed by atoms with Crippen LogP contribution < -0.4 is 5.32 Å². The van der Waals surface area contributed by atoms with Gasteiger partial charge in [0.1, 0.15) is 18.2 Å². The van der Waals surface area contributed by atoms with Gasteiger partial charge in [-0.05, 0) is 12.1 Å². The maximum Gasteiger partial charge on any atom is 0.203 e. The lowest BCUT2D eigenvalue weighted by molar-refractivity contribution is 0.471. The molecule has 0 amide bonds. The Kier molecular flexibility index (Phi) is 2.98. The average Bonchev–Trinajstić information content (AvgIpc) is 2.88. The fourth-order valence-corrected chi connectivity index (χ4v) is 1.30. The highest BCUT2D eigenvalue weighted by Gasteiger charge is 2.02. The SMILES string of the molecule is Cn1cnc(CNCc2ccc(C#N)o2)n1. The molecule has 1 N–H and O–H groups in total. The van der Waals surface area contributed by atoms with Crippen LogP contribution in [0.15, 0.2) is 22.9 Å². The van der Waals surface area contributed by atoms with Gasteiger partial charge in [-0.15, -0.1) is 0 Å². The minimum atomic E-state index is 0.327. The Labute approximate surface area is 92.5 Å². The van der Waals surface area contributed by atoms with E-state index in [1.165, 1.54) is 0 Å². The minimum absolute atomic E-state index is 0.327. The molecule has 0 saturated carbocycles. The molecule has 2 rings (SSSR count). The quantitative estimate of drug-likeness (QED) is 0.809. The topological polar surface area (TPSA) is 79.7 Å². The Bertz CT molecular complexity index is 507. The van der Waals surface area contributed by atoms with Crippen molar-refractivity contribution >= 4 is 0 Å². The average molecular weight is 217 g/mol. The molecule has 0 saturated heterocycles. The predicted molar refractivity (Wildman–Crippen MR) is 55.0 cm³/mol. The number of aryl methyl sites for hydroxylation is 1. The van der Waals surface area contributed by atoms with Crippen LogP contribution in [-0.2, 0) is 20.1 Å². The third kappa shape index (κ3) is 2.46. The van der Waals surface area contributed by atoms with Gasteiger partial charge in [0.15, 0.2) is 5.82 Å². The Morgan fingerprint density at radius 2 is 2.38 bits per heavy atom. The molecule has 0 aromatic carbocycles. The van der Waals surface area contributed by atoms with E-state index in [-0.39, 0.29) is 0 Å². The van der Waals surface area contributed by atoms with Gasteiger partial charge in [0.2, 0.25) is 5.76 Å². The number of hydrogen-bond donors (Lipinski definition) is 1. The normalized spacial score (nSPS) is 10.2. The largest absolute Gasteiger partial charge is 0.449 e. The molecular formula is C10H11N5O. The maximum absolute atomic E-state index is 8.57. The van der Waals surface area contributed by atoms with E-state index < -0.39 is 0 Å². The van der Waals surface area contributed by atoms with Crippen LogP contribution in [0.1, 0.15) is 17.3 Å². The molecule has 0 aliphatic carbocycles. The molecule has 6 heteroatoms. The van der Waals surface area contributed by atoms with E-state index in [0.717, 1.165) is 11.6 Å². The van der Waals surface area contributed by atoms with Crippen LogP contribution in [0, 0.1) is 11.3 Å². The van der Waals surface area contributed by atoms with Gasteiger partial charge in [-0.2, -0.15) is 10.4 Å². The van der Waals surface area contributed by atoms with Gasteiger partial charge >= 0.3 is 0 Å². The molecule has 16 heavy (non-hydrogen) atoms. The summed E-state index contributed by atoms with van der Waals surface area (Å²) in [5.74, 6) is 1.79. The highest BCUT2D eigenvalue weighted by molar-refractivity contribution is 5.18. The van der Waals surface area contributed by atoms with Gasteiger partial charge in [-0.1, -0.05) is 0 Å². The second kappa shape index (κ2) is 4.59. The van der Waals surface area contributed by atoms with Crippen LogP contribution in [-0.4, -0.2) is 14.8 Å². The molecule has 0 aliphatic rings. The predicted octanol–water partition coefficient (Wildman–Crippen LogP) is 0.570. The Morgan fingerprint density at radius 1 is 1.50 bits per heavy atom. The van der Waals surface area contributed by atoms with Crippen molar-refractivity contribution in [3.63, 3.8) is 0 Å². The lowest BCUT2D eigenvalue weighted by Gasteiger charge is -1.97. The van der Waals surface area contributed by atoms with E-state index in [1.807, 2.05) is 13.1 Å². The molecule has 2 aromatic rings. The lowest BCUT2D eigenvalue weighted by Crippen LogP contribution is -2.13. The van der Waals surface area contributed by atoms with Gasteiger partial charge < -0.3 is 9.73 Å². The first kappa shape index (κ1) is 10.4. The zero-order valence-corrected chi connectivity index (χ0v) is 8.84. The van der Waals surface area contributed by atoms with Crippen LogP contribution >= 0.6 is 0 Å². The molecule has 0 atom stereocenters. The number of aromatic nitrogens is 3. The van der Waals surface area contributed by atoms with Crippen molar-refractivity contribution in [1.82, 2.24) is 20.1 Å². The van der Waals surface area contributed by atoms with Crippen molar-refractivity contribution in [2.24, 2.45) is 7.05 Å². The molecule has 6 nitrogen and oxygen atoms in total. The summed E-state index contributed by atoms with van der Waals surface area (Å²) in [5.41, 5.74) is 0. The summed E-state index contributed by atoms with van der Waals surface area (Å²) in [7, 11) is 1.82.